The molecule has 0 bridgehead atoms. The lowest BCUT2D eigenvalue weighted by molar-refractivity contribution is -0.385. The number of hydrogen-bond acceptors (Lipinski definition) is 4. The number of rotatable bonds is 4. The van der Waals surface area contributed by atoms with Crippen molar-refractivity contribution in [2.75, 3.05) is 0 Å². The molecule has 14 heavy (non-hydrogen) atoms. The van der Waals surface area contributed by atoms with Crippen LogP contribution in [0.15, 0.2) is 18.3 Å². The van der Waals surface area contributed by atoms with Crippen LogP contribution in [-0.2, 0) is 6.42 Å². The monoisotopic (exact) mass is 195 g/mol. The van der Waals surface area contributed by atoms with Crippen molar-refractivity contribution in [2.45, 2.75) is 25.8 Å². The number of aromatic nitrogens is 1. The highest BCUT2D eigenvalue weighted by molar-refractivity contribution is 5.26. The molecule has 0 aromatic carbocycles. The van der Waals surface area contributed by atoms with Gasteiger partial charge in [-0.15, -0.1) is 0 Å². The first kappa shape index (κ1) is 10.6. The topological polar surface area (TPSA) is 82.0 Å². The fourth-order valence-electron chi connectivity index (χ4n) is 1.06. The van der Waals surface area contributed by atoms with Crippen LogP contribution in [0.4, 0.5) is 5.69 Å². The van der Waals surface area contributed by atoms with Crippen molar-refractivity contribution in [3.8, 4) is 0 Å². The molecule has 0 saturated carbocycles. The van der Waals surface area contributed by atoms with Crippen molar-refractivity contribution in [3.05, 3.63) is 34.1 Å². The highest BCUT2D eigenvalue weighted by Gasteiger charge is 2.07. The molecule has 0 aliphatic heterocycles. The van der Waals surface area contributed by atoms with Gasteiger partial charge in [-0.3, -0.25) is 15.1 Å². The summed E-state index contributed by atoms with van der Waals surface area (Å²) in [6, 6.07) is 3.17. The van der Waals surface area contributed by atoms with E-state index in [9.17, 15) is 10.1 Å². The molecule has 0 amide bonds. The summed E-state index contributed by atoms with van der Waals surface area (Å²) in [4.78, 5) is 13.8. The van der Waals surface area contributed by atoms with Gasteiger partial charge >= 0.3 is 0 Å². The van der Waals surface area contributed by atoms with Crippen LogP contribution in [0.2, 0.25) is 0 Å². The van der Waals surface area contributed by atoms with Crippen LogP contribution < -0.4 is 5.73 Å². The Morgan fingerprint density at radius 1 is 1.64 bits per heavy atom. The SMILES string of the molecule is CCC(N)Cc1ccc([N+](=O)[O-])cn1. The quantitative estimate of drug-likeness (QED) is 0.579. The molecule has 1 rings (SSSR count). The first-order chi connectivity index (χ1) is 6.63. The van der Waals surface area contributed by atoms with Crippen molar-refractivity contribution in [1.29, 1.82) is 0 Å². The highest BCUT2D eigenvalue weighted by atomic mass is 16.6. The molecular weight excluding hydrogens is 182 g/mol. The molecule has 1 aromatic rings. The highest BCUT2D eigenvalue weighted by Crippen LogP contribution is 2.10. The second-order valence-electron chi connectivity index (χ2n) is 3.14. The van der Waals surface area contributed by atoms with Gasteiger partial charge in [-0.2, -0.15) is 0 Å². The number of nitro groups is 1. The van der Waals surface area contributed by atoms with Gasteiger partial charge in [0, 0.05) is 24.2 Å². The predicted molar refractivity (Wildman–Crippen MR) is 52.9 cm³/mol. The van der Waals surface area contributed by atoms with Gasteiger partial charge in [0.25, 0.3) is 5.69 Å². The summed E-state index contributed by atoms with van der Waals surface area (Å²) in [6.07, 6.45) is 2.80. The summed E-state index contributed by atoms with van der Waals surface area (Å²) < 4.78 is 0. The van der Waals surface area contributed by atoms with E-state index in [2.05, 4.69) is 4.98 Å². The van der Waals surface area contributed by atoms with E-state index >= 15 is 0 Å². The molecule has 0 saturated heterocycles. The van der Waals surface area contributed by atoms with Gasteiger partial charge in [-0.25, -0.2) is 0 Å². The fraction of sp³-hybridized carbons (Fsp3) is 0.444. The van der Waals surface area contributed by atoms with Gasteiger partial charge in [0.05, 0.1) is 4.92 Å². The van der Waals surface area contributed by atoms with Crippen molar-refractivity contribution in [3.63, 3.8) is 0 Å². The summed E-state index contributed by atoms with van der Waals surface area (Å²) in [7, 11) is 0. The van der Waals surface area contributed by atoms with E-state index in [1.165, 1.54) is 12.3 Å². The second kappa shape index (κ2) is 4.66. The summed E-state index contributed by atoms with van der Waals surface area (Å²) in [5.74, 6) is 0. The van der Waals surface area contributed by atoms with Crippen LogP contribution in [0.3, 0.4) is 0 Å². The van der Waals surface area contributed by atoms with Crippen LogP contribution in [-0.4, -0.2) is 15.9 Å². The van der Waals surface area contributed by atoms with Crippen LogP contribution >= 0.6 is 0 Å². The van der Waals surface area contributed by atoms with Gasteiger partial charge in [0.2, 0.25) is 0 Å². The second-order valence-corrected chi connectivity index (χ2v) is 3.14. The Kier molecular flexibility index (Phi) is 3.53. The van der Waals surface area contributed by atoms with Crippen LogP contribution in [0, 0.1) is 10.1 Å². The molecule has 5 heteroatoms. The third kappa shape index (κ3) is 2.77. The van der Waals surface area contributed by atoms with Crippen molar-refractivity contribution in [1.82, 2.24) is 4.98 Å². The molecule has 1 aromatic heterocycles. The number of nitrogens with two attached hydrogens (primary N) is 1. The summed E-state index contributed by atoms with van der Waals surface area (Å²) >= 11 is 0. The molecule has 1 unspecified atom stereocenters. The lowest BCUT2D eigenvalue weighted by Gasteiger charge is -2.06. The molecule has 1 heterocycles. The zero-order valence-corrected chi connectivity index (χ0v) is 8.01. The minimum Gasteiger partial charge on any atom is -0.327 e. The first-order valence-corrected chi connectivity index (χ1v) is 4.48. The standard InChI is InChI=1S/C9H13N3O2/c1-2-7(10)5-8-3-4-9(6-11-8)12(13)14/h3-4,6-7H,2,5,10H2,1H3. The molecular formula is C9H13N3O2. The van der Waals surface area contributed by atoms with Gasteiger partial charge in [0.1, 0.15) is 6.20 Å². The molecule has 76 valence electrons. The molecule has 2 N–H and O–H groups in total. The molecule has 5 nitrogen and oxygen atoms in total. The van der Waals surface area contributed by atoms with Crippen LogP contribution in [0.25, 0.3) is 0 Å². The Hall–Kier alpha value is -1.49. The maximum absolute atomic E-state index is 10.3. The van der Waals surface area contributed by atoms with Gasteiger partial charge < -0.3 is 5.73 Å². The Balaban J connectivity index is 2.68. The number of hydrogen-bond donors (Lipinski definition) is 1. The molecule has 0 aliphatic rings. The van der Waals surface area contributed by atoms with Crippen molar-refractivity contribution in [2.24, 2.45) is 5.73 Å². The number of pyridine rings is 1. The molecule has 0 spiro atoms. The van der Waals surface area contributed by atoms with Crippen LogP contribution in [0.5, 0.6) is 0 Å². The Morgan fingerprint density at radius 3 is 2.79 bits per heavy atom. The lowest BCUT2D eigenvalue weighted by Crippen LogP contribution is -2.21. The van der Waals surface area contributed by atoms with E-state index in [-0.39, 0.29) is 11.7 Å². The van der Waals surface area contributed by atoms with E-state index in [4.69, 9.17) is 5.73 Å². The Bertz CT molecular complexity index is 310. The average molecular weight is 195 g/mol. The third-order valence-corrected chi connectivity index (χ3v) is 2.02. The summed E-state index contributed by atoms with van der Waals surface area (Å²) in [5.41, 5.74) is 6.54. The fourth-order valence-corrected chi connectivity index (χ4v) is 1.06. The minimum atomic E-state index is -0.462. The van der Waals surface area contributed by atoms with Crippen molar-refractivity contribution < 1.29 is 4.92 Å². The van der Waals surface area contributed by atoms with E-state index in [0.29, 0.717) is 6.42 Å². The van der Waals surface area contributed by atoms with E-state index in [1.54, 1.807) is 6.07 Å². The lowest BCUT2D eigenvalue weighted by atomic mass is 10.1. The first-order valence-electron chi connectivity index (χ1n) is 4.48. The average Bonchev–Trinajstić information content (AvgIpc) is 2.18. The van der Waals surface area contributed by atoms with Gasteiger partial charge in [-0.05, 0) is 12.5 Å². The zero-order chi connectivity index (χ0) is 10.6. The summed E-state index contributed by atoms with van der Waals surface area (Å²) in [5, 5.41) is 10.3. The normalized spacial score (nSPS) is 12.4. The maximum atomic E-state index is 10.3. The third-order valence-electron chi connectivity index (χ3n) is 2.02. The largest absolute Gasteiger partial charge is 0.327 e. The van der Waals surface area contributed by atoms with E-state index in [1.807, 2.05) is 6.92 Å². The maximum Gasteiger partial charge on any atom is 0.287 e. The zero-order valence-electron chi connectivity index (χ0n) is 8.01. The number of nitrogens with zero attached hydrogens (tertiary/aromatic N) is 2. The van der Waals surface area contributed by atoms with E-state index in [0.717, 1.165) is 12.1 Å². The molecule has 1 atom stereocenters. The molecule has 0 fully saturated rings. The Labute approximate surface area is 82.1 Å². The van der Waals surface area contributed by atoms with Gasteiger partial charge in [0.15, 0.2) is 0 Å². The summed E-state index contributed by atoms with van der Waals surface area (Å²) in [6.45, 7) is 2.00. The molecule has 0 aliphatic carbocycles. The van der Waals surface area contributed by atoms with Crippen molar-refractivity contribution >= 4 is 5.69 Å². The van der Waals surface area contributed by atoms with Crippen LogP contribution in [0.1, 0.15) is 19.0 Å². The molecule has 0 radical (unpaired) electrons. The Morgan fingerprint density at radius 2 is 2.36 bits per heavy atom. The van der Waals surface area contributed by atoms with E-state index < -0.39 is 4.92 Å². The van der Waals surface area contributed by atoms with Gasteiger partial charge in [-0.1, -0.05) is 6.92 Å². The smallest absolute Gasteiger partial charge is 0.287 e. The predicted octanol–water partition coefficient (Wildman–Crippen LogP) is 1.27. The minimum absolute atomic E-state index is 0.0128.